The number of benzene rings is 1. The average Bonchev–Trinajstić information content (AvgIpc) is 2.45. The molecule has 1 N–H and O–H groups in total. The Bertz CT molecular complexity index is 485. The number of aromatic nitrogens is 1. The van der Waals surface area contributed by atoms with Crippen LogP contribution in [-0.4, -0.2) is 10.5 Å². The zero-order valence-electron chi connectivity index (χ0n) is 8.97. The summed E-state index contributed by atoms with van der Waals surface area (Å²) >= 11 is 7.68. The summed E-state index contributed by atoms with van der Waals surface area (Å²) in [4.78, 5) is 4.48. The fraction of sp³-hybridized carbons (Fsp3) is 0.364. The second kappa shape index (κ2) is 3.65. The summed E-state index contributed by atoms with van der Waals surface area (Å²) in [6.45, 7) is 6.34. The summed E-state index contributed by atoms with van der Waals surface area (Å²) in [5.41, 5.74) is 0.986. The lowest BCUT2D eigenvalue weighted by atomic mass is 10.1. The van der Waals surface area contributed by atoms with E-state index in [1.807, 2.05) is 18.2 Å². The Labute approximate surface area is 98.3 Å². The Balaban J connectivity index is 2.44. The standard InChI is InChI=1S/C11H13ClN2S/c1-11(2,3)14-10-13-8-6-4-5-7(12)9(8)15-10/h4-6H,1-3H3,(H,13,14). The van der Waals surface area contributed by atoms with Crippen molar-refractivity contribution in [1.29, 1.82) is 0 Å². The number of hydrogen-bond acceptors (Lipinski definition) is 3. The first-order chi connectivity index (χ1) is 6.96. The fourth-order valence-electron chi connectivity index (χ4n) is 1.29. The highest BCUT2D eigenvalue weighted by Crippen LogP contribution is 2.32. The molecular formula is C11H13ClN2S. The Morgan fingerprint density at radius 3 is 2.67 bits per heavy atom. The molecule has 0 fully saturated rings. The van der Waals surface area contributed by atoms with Crippen LogP contribution in [0.15, 0.2) is 18.2 Å². The van der Waals surface area contributed by atoms with Gasteiger partial charge in [0.2, 0.25) is 0 Å². The molecule has 1 aromatic heterocycles. The minimum atomic E-state index is 0.0281. The number of fused-ring (bicyclic) bond motifs is 1. The minimum absolute atomic E-state index is 0.0281. The van der Waals surface area contributed by atoms with Gasteiger partial charge < -0.3 is 5.32 Å². The third-order valence-electron chi connectivity index (χ3n) is 1.85. The van der Waals surface area contributed by atoms with Crippen molar-refractivity contribution in [3.63, 3.8) is 0 Å². The van der Waals surface area contributed by atoms with E-state index in [2.05, 4.69) is 31.1 Å². The molecule has 1 aromatic carbocycles. The smallest absolute Gasteiger partial charge is 0.184 e. The fourth-order valence-corrected chi connectivity index (χ4v) is 2.65. The van der Waals surface area contributed by atoms with Gasteiger partial charge in [-0.2, -0.15) is 0 Å². The monoisotopic (exact) mass is 240 g/mol. The zero-order chi connectivity index (χ0) is 11.1. The van der Waals surface area contributed by atoms with Gasteiger partial charge in [0.25, 0.3) is 0 Å². The molecule has 0 saturated heterocycles. The Morgan fingerprint density at radius 2 is 2.07 bits per heavy atom. The number of nitrogens with zero attached hydrogens (tertiary/aromatic N) is 1. The van der Waals surface area contributed by atoms with E-state index in [-0.39, 0.29) is 5.54 Å². The van der Waals surface area contributed by atoms with Crippen LogP contribution >= 0.6 is 22.9 Å². The van der Waals surface area contributed by atoms with E-state index in [0.29, 0.717) is 0 Å². The SMILES string of the molecule is CC(C)(C)Nc1nc2cccc(Cl)c2s1. The van der Waals surface area contributed by atoms with Gasteiger partial charge in [-0.15, -0.1) is 0 Å². The maximum Gasteiger partial charge on any atom is 0.184 e. The molecule has 0 spiro atoms. The van der Waals surface area contributed by atoms with Gasteiger partial charge in [-0.05, 0) is 32.9 Å². The first-order valence-electron chi connectivity index (χ1n) is 4.79. The Kier molecular flexibility index (Phi) is 2.61. The minimum Gasteiger partial charge on any atom is -0.357 e. The number of nitrogens with one attached hydrogen (secondary N) is 1. The van der Waals surface area contributed by atoms with E-state index in [1.165, 1.54) is 0 Å². The summed E-state index contributed by atoms with van der Waals surface area (Å²) in [6, 6.07) is 5.79. The Hall–Kier alpha value is -0.800. The van der Waals surface area contributed by atoms with Crippen molar-refractivity contribution >= 4 is 38.3 Å². The molecule has 0 aliphatic rings. The van der Waals surface area contributed by atoms with Gasteiger partial charge in [0.1, 0.15) is 0 Å². The van der Waals surface area contributed by atoms with Gasteiger partial charge >= 0.3 is 0 Å². The maximum absolute atomic E-state index is 6.08. The highest BCUT2D eigenvalue weighted by atomic mass is 35.5. The number of halogens is 1. The van der Waals surface area contributed by atoms with Crippen LogP contribution in [0.3, 0.4) is 0 Å². The summed E-state index contributed by atoms with van der Waals surface area (Å²) in [7, 11) is 0. The van der Waals surface area contributed by atoms with Crippen LogP contribution in [0.2, 0.25) is 5.02 Å². The van der Waals surface area contributed by atoms with Crippen LogP contribution in [0.25, 0.3) is 10.2 Å². The topological polar surface area (TPSA) is 24.9 Å². The molecule has 0 amide bonds. The van der Waals surface area contributed by atoms with E-state index in [9.17, 15) is 0 Å². The first kappa shape index (κ1) is 10.7. The predicted octanol–water partition coefficient (Wildman–Crippen LogP) is 4.16. The molecule has 0 aliphatic carbocycles. The van der Waals surface area contributed by atoms with Crippen LogP contribution in [0.4, 0.5) is 5.13 Å². The molecule has 0 atom stereocenters. The molecule has 4 heteroatoms. The van der Waals surface area contributed by atoms with Crippen LogP contribution in [0, 0.1) is 0 Å². The van der Waals surface area contributed by atoms with Crippen molar-refractivity contribution in [2.75, 3.05) is 5.32 Å². The number of thiazole rings is 1. The van der Waals surface area contributed by atoms with Crippen molar-refractivity contribution in [1.82, 2.24) is 4.98 Å². The second-order valence-electron chi connectivity index (χ2n) is 4.48. The molecule has 15 heavy (non-hydrogen) atoms. The quantitative estimate of drug-likeness (QED) is 0.810. The average molecular weight is 241 g/mol. The van der Waals surface area contributed by atoms with E-state index in [1.54, 1.807) is 11.3 Å². The summed E-state index contributed by atoms with van der Waals surface area (Å²) in [5.74, 6) is 0. The van der Waals surface area contributed by atoms with Crippen molar-refractivity contribution in [2.24, 2.45) is 0 Å². The third kappa shape index (κ3) is 2.41. The largest absolute Gasteiger partial charge is 0.357 e. The van der Waals surface area contributed by atoms with Crippen LogP contribution < -0.4 is 5.32 Å². The highest BCUT2D eigenvalue weighted by Gasteiger charge is 2.13. The number of rotatable bonds is 1. The van der Waals surface area contributed by atoms with E-state index in [0.717, 1.165) is 20.4 Å². The van der Waals surface area contributed by atoms with Gasteiger partial charge in [0.05, 0.1) is 15.2 Å². The maximum atomic E-state index is 6.08. The van der Waals surface area contributed by atoms with Crippen molar-refractivity contribution in [2.45, 2.75) is 26.3 Å². The number of hydrogen-bond donors (Lipinski definition) is 1. The molecule has 0 bridgehead atoms. The summed E-state index contributed by atoms with van der Waals surface area (Å²) in [6.07, 6.45) is 0. The Morgan fingerprint density at radius 1 is 1.33 bits per heavy atom. The summed E-state index contributed by atoms with van der Waals surface area (Å²) < 4.78 is 1.05. The van der Waals surface area contributed by atoms with Crippen LogP contribution in [0.5, 0.6) is 0 Å². The normalized spacial score (nSPS) is 12.0. The second-order valence-corrected chi connectivity index (χ2v) is 5.89. The lowest BCUT2D eigenvalue weighted by Crippen LogP contribution is -2.25. The summed E-state index contributed by atoms with van der Waals surface area (Å²) in [5, 5.41) is 5.04. The molecule has 2 rings (SSSR count). The van der Waals surface area contributed by atoms with Gasteiger partial charge in [-0.3, -0.25) is 0 Å². The predicted molar refractivity (Wildman–Crippen MR) is 68.0 cm³/mol. The van der Waals surface area contributed by atoms with Gasteiger partial charge in [-0.25, -0.2) is 4.98 Å². The lowest BCUT2D eigenvalue weighted by molar-refractivity contribution is 0.633. The van der Waals surface area contributed by atoms with Gasteiger partial charge in [-0.1, -0.05) is 29.0 Å². The zero-order valence-corrected chi connectivity index (χ0v) is 10.5. The van der Waals surface area contributed by atoms with Crippen molar-refractivity contribution in [3.8, 4) is 0 Å². The lowest BCUT2D eigenvalue weighted by Gasteiger charge is -2.19. The van der Waals surface area contributed by atoms with Crippen LogP contribution in [0.1, 0.15) is 20.8 Å². The highest BCUT2D eigenvalue weighted by molar-refractivity contribution is 7.22. The third-order valence-corrected chi connectivity index (χ3v) is 3.30. The van der Waals surface area contributed by atoms with E-state index >= 15 is 0 Å². The number of anilines is 1. The molecular weight excluding hydrogens is 228 g/mol. The van der Waals surface area contributed by atoms with Crippen molar-refractivity contribution < 1.29 is 0 Å². The van der Waals surface area contributed by atoms with Gasteiger partial charge in [0.15, 0.2) is 5.13 Å². The molecule has 80 valence electrons. The molecule has 0 saturated carbocycles. The molecule has 0 aliphatic heterocycles. The first-order valence-corrected chi connectivity index (χ1v) is 5.98. The van der Waals surface area contributed by atoms with Crippen molar-refractivity contribution in [3.05, 3.63) is 23.2 Å². The van der Waals surface area contributed by atoms with Crippen LogP contribution in [-0.2, 0) is 0 Å². The van der Waals surface area contributed by atoms with Gasteiger partial charge in [0, 0.05) is 5.54 Å². The van der Waals surface area contributed by atoms with E-state index in [4.69, 9.17) is 11.6 Å². The molecule has 2 nitrogen and oxygen atoms in total. The molecule has 1 heterocycles. The molecule has 0 unspecified atom stereocenters. The molecule has 0 radical (unpaired) electrons. The molecule has 2 aromatic rings. The van der Waals surface area contributed by atoms with E-state index < -0.39 is 0 Å².